The molecule has 4 heteroatoms. The summed E-state index contributed by atoms with van der Waals surface area (Å²) in [4.78, 5) is 9.09. The van der Waals surface area contributed by atoms with Crippen molar-refractivity contribution in [2.75, 3.05) is 31.1 Å². The number of rotatable bonds is 2. The van der Waals surface area contributed by atoms with E-state index in [1.165, 1.54) is 25.7 Å². The molecule has 0 unspecified atom stereocenters. The van der Waals surface area contributed by atoms with Crippen LogP contribution >= 0.6 is 0 Å². The molecule has 1 saturated heterocycles. The number of hydrogen-bond donors (Lipinski definition) is 0. The molecule has 1 saturated carbocycles. The molecule has 19 heavy (non-hydrogen) atoms. The van der Waals surface area contributed by atoms with Crippen LogP contribution in [0.5, 0.6) is 0 Å². The van der Waals surface area contributed by atoms with Gasteiger partial charge in [-0.25, -0.2) is 4.98 Å². The molecule has 100 valence electrons. The molecule has 0 atom stereocenters. The van der Waals surface area contributed by atoms with Crippen molar-refractivity contribution in [1.82, 2.24) is 9.88 Å². The van der Waals surface area contributed by atoms with Crippen molar-refractivity contribution in [2.24, 2.45) is 0 Å². The van der Waals surface area contributed by atoms with E-state index in [4.69, 9.17) is 5.26 Å². The highest BCUT2D eigenvalue weighted by molar-refractivity contribution is 5.55. The molecule has 1 aliphatic heterocycles. The van der Waals surface area contributed by atoms with Crippen molar-refractivity contribution < 1.29 is 0 Å². The van der Waals surface area contributed by atoms with E-state index in [0.29, 0.717) is 5.69 Å². The Balaban J connectivity index is 1.65. The van der Waals surface area contributed by atoms with E-state index in [0.717, 1.165) is 37.9 Å². The topological polar surface area (TPSA) is 43.2 Å². The monoisotopic (exact) mass is 256 g/mol. The first-order valence-corrected chi connectivity index (χ1v) is 7.22. The fraction of sp³-hybridized carbons (Fsp3) is 0.600. The normalized spacial score (nSPS) is 21.5. The molecule has 0 bridgehead atoms. The lowest BCUT2D eigenvalue weighted by Crippen LogP contribution is -2.50. The molecule has 1 aromatic rings. The first-order valence-electron chi connectivity index (χ1n) is 7.22. The molecule has 0 N–H and O–H groups in total. The van der Waals surface area contributed by atoms with Gasteiger partial charge in [0.1, 0.15) is 6.07 Å². The summed E-state index contributed by atoms with van der Waals surface area (Å²) < 4.78 is 0. The molecule has 2 heterocycles. The lowest BCUT2D eigenvalue weighted by molar-refractivity contribution is 0.187. The van der Waals surface area contributed by atoms with Gasteiger partial charge in [-0.05, 0) is 25.0 Å². The Hall–Kier alpha value is -1.60. The van der Waals surface area contributed by atoms with Crippen LogP contribution in [0, 0.1) is 11.3 Å². The van der Waals surface area contributed by atoms with Crippen molar-refractivity contribution >= 4 is 5.69 Å². The summed E-state index contributed by atoms with van der Waals surface area (Å²) in [6.45, 7) is 4.25. The zero-order chi connectivity index (χ0) is 13.1. The highest BCUT2D eigenvalue weighted by Crippen LogP contribution is 2.26. The fourth-order valence-corrected chi connectivity index (χ4v) is 3.34. The highest BCUT2D eigenvalue weighted by Gasteiger charge is 2.26. The predicted molar refractivity (Wildman–Crippen MR) is 75.0 cm³/mol. The SMILES string of the molecule is N#Cc1ncccc1N1CCN(C2CCCC2)CC1. The summed E-state index contributed by atoms with van der Waals surface area (Å²) in [5, 5.41) is 9.12. The quantitative estimate of drug-likeness (QED) is 0.812. The number of aromatic nitrogens is 1. The molecular formula is C15H20N4. The van der Waals surface area contributed by atoms with E-state index in [1.54, 1.807) is 6.20 Å². The second kappa shape index (κ2) is 5.58. The zero-order valence-electron chi connectivity index (χ0n) is 11.3. The van der Waals surface area contributed by atoms with Crippen molar-refractivity contribution in [3.8, 4) is 6.07 Å². The number of nitriles is 1. The molecule has 1 aliphatic carbocycles. The molecule has 3 rings (SSSR count). The molecule has 4 nitrogen and oxygen atoms in total. The first-order chi connectivity index (χ1) is 9.38. The Morgan fingerprint density at radius 3 is 2.58 bits per heavy atom. The molecule has 1 aromatic heterocycles. The van der Waals surface area contributed by atoms with Crippen LogP contribution in [0.15, 0.2) is 18.3 Å². The summed E-state index contributed by atoms with van der Waals surface area (Å²) in [5.74, 6) is 0. The van der Waals surface area contributed by atoms with Crippen LogP contribution in [0.25, 0.3) is 0 Å². The Kier molecular flexibility index (Phi) is 3.65. The number of nitrogens with zero attached hydrogens (tertiary/aromatic N) is 4. The van der Waals surface area contributed by atoms with Crippen molar-refractivity contribution in [2.45, 2.75) is 31.7 Å². The van der Waals surface area contributed by atoms with Crippen LogP contribution in [0.4, 0.5) is 5.69 Å². The van der Waals surface area contributed by atoms with Crippen LogP contribution in [-0.4, -0.2) is 42.1 Å². The van der Waals surface area contributed by atoms with E-state index in [2.05, 4.69) is 20.9 Å². The molecular weight excluding hydrogens is 236 g/mol. The molecule has 0 amide bonds. The van der Waals surface area contributed by atoms with Gasteiger partial charge in [0, 0.05) is 38.4 Å². The lowest BCUT2D eigenvalue weighted by Gasteiger charge is -2.39. The number of pyridine rings is 1. The largest absolute Gasteiger partial charge is 0.367 e. The third-order valence-electron chi connectivity index (χ3n) is 4.39. The van der Waals surface area contributed by atoms with Crippen molar-refractivity contribution in [1.29, 1.82) is 5.26 Å². The van der Waals surface area contributed by atoms with E-state index >= 15 is 0 Å². The van der Waals surface area contributed by atoms with Crippen LogP contribution in [0.1, 0.15) is 31.4 Å². The maximum atomic E-state index is 9.12. The average Bonchev–Trinajstić information content (AvgIpc) is 3.02. The molecule has 0 aromatic carbocycles. The van der Waals surface area contributed by atoms with Gasteiger partial charge in [-0.15, -0.1) is 0 Å². The minimum absolute atomic E-state index is 0.553. The van der Waals surface area contributed by atoms with Gasteiger partial charge >= 0.3 is 0 Å². The van der Waals surface area contributed by atoms with Crippen LogP contribution in [0.3, 0.4) is 0 Å². The van der Waals surface area contributed by atoms with E-state index in [-0.39, 0.29) is 0 Å². The Bertz CT molecular complexity index is 465. The van der Waals surface area contributed by atoms with Gasteiger partial charge in [0.15, 0.2) is 5.69 Å². The van der Waals surface area contributed by atoms with Crippen molar-refractivity contribution in [3.05, 3.63) is 24.0 Å². The molecule has 0 radical (unpaired) electrons. The molecule has 0 spiro atoms. The van der Waals surface area contributed by atoms with Crippen LogP contribution < -0.4 is 4.90 Å². The summed E-state index contributed by atoms with van der Waals surface area (Å²) in [6.07, 6.45) is 7.22. The Morgan fingerprint density at radius 2 is 1.89 bits per heavy atom. The van der Waals surface area contributed by atoms with E-state index < -0.39 is 0 Å². The van der Waals surface area contributed by atoms with Gasteiger partial charge in [0.25, 0.3) is 0 Å². The summed E-state index contributed by atoms with van der Waals surface area (Å²) in [5.41, 5.74) is 1.55. The number of piperazine rings is 1. The third kappa shape index (κ3) is 2.57. The lowest BCUT2D eigenvalue weighted by atomic mass is 10.1. The van der Waals surface area contributed by atoms with E-state index in [9.17, 15) is 0 Å². The second-order valence-electron chi connectivity index (χ2n) is 5.44. The Morgan fingerprint density at radius 1 is 1.16 bits per heavy atom. The third-order valence-corrected chi connectivity index (χ3v) is 4.39. The minimum atomic E-state index is 0.553. The van der Waals surface area contributed by atoms with Gasteiger partial charge in [0.05, 0.1) is 5.69 Å². The maximum Gasteiger partial charge on any atom is 0.163 e. The highest BCUT2D eigenvalue weighted by atomic mass is 15.3. The molecule has 2 fully saturated rings. The van der Waals surface area contributed by atoms with Gasteiger partial charge in [0.2, 0.25) is 0 Å². The Labute approximate surface area is 114 Å². The van der Waals surface area contributed by atoms with Crippen LogP contribution in [-0.2, 0) is 0 Å². The second-order valence-corrected chi connectivity index (χ2v) is 5.44. The molecule has 2 aliphatic rings. The van der Waals surface area contributed by atoms with Crippen molar-refractivity contribution in [3.63, 3.8) is 0 Å². The maximum absolute atomic E-state index is 9.12. The summed E-state index contributed by atoms with van der Waals surface area (Å²) >= 11 is 0. The summed E-state index contributed by atoms with van der Waals surface area (Å²) in [6, 6.07) is 6.93. The number of hydrogen-bond acceptors (Lipinski definition) is 4. The first kappa shape index (κ1) is 12.4. The summed E-state index contributed by atoms with van der Waals surface area (Å²) in [7, 11) is 0. The predicted octanol–water partition coefficient (Wildman–Crippen LogP) is 2.02. The minimum Gasteiger partial charge on any atom is -0.367 e. The number of anilines is 1. The average molecular weight is 256 g/mol. The standard InChI is InChI=1S/C15H20N4/c16-12-14-15(6-3-7-17-14)19-10-8-18(9-11-19)13-4-1-2-5-13/h3,6-7,13H,1-2,4-5,8-11H2. The van der Waals surface area contributed by atoms with E-state index in [1.807, 2.05) is 12.1 Å². The smallest absolute Gasteiger partial charge is 0.163 e. The van der Waals surface area contributed by atoms with Gasteiger partial charge in [-0.2, -0.15) is 5.26 Å². The zero-order valence-corrected chi connectivity index (χ0v) is 11.3. The van der Waals surface area contributed by atoms with Crippen LogP contribution in [0.2, 0.25) is 0 Å². The van der Waals surface area contributed by atoms with Gasteiger partial charge < -0.3 is 4.90 Å². The van der Waals surface area contributed by atoms with Gasteiger partial charge in [-0.3, -0.25) is 4.90 Å². The van der Waals surface area contributed by atoms with Gasteiger partial charge in [-0.1, -0.05) is 12.8 Å². The fourth-order valence-electron chi connectivity index (χ4n) is 3.34.